The second-order valence-electron chi connectivity index (χ2n) is 6.55. The van der Waals surface area contributed by atoms with Crippen LogP contribution in [0.1, 0.15) is 31.0 Å². The van der Waals surface area contributed by atoms with Crippen LogP contribution in [0.15, 0.2) is 71.8 Å². The van der Waals surface area contributed by atoms with E-state index in [0.29, 0.717) is 11.3 Å². The van der Waals surface area contributed by atoms with Crippen LogP contribution >= 0.6 is 0 Å². The molecule has 0 aliphatic carbocycles. The molecule has 1 atom stereocenters. The standard InChI is InChI=1S/C22H23N3O2/c1-15(17-8-4-3-5-9-17)23-14-21(26)25-24-16(2)19-13-12-18-10-6-7-11-20(18)22(19)27/h3-13,15,23,27H,14H2,1-2H3,(H,25,26)/p+1/b24-16+/t15-/m1/s1. The van der Waals surface area contributed by atoms with Crippen LogP contribution in [0.4, 0.5) is 0 Å². The summed E-state index contributed by atoms with van der Waals surface area (Å²) in [4.78, 5) is 12.1. The van der Waals surface area contributed by atoms with Gasteiger partial charge in [0.2, 0.25) is 0 Å². The third-order valence-electron chi connectivity index (χ3n) is 4.62. The predicted molar refractivity (Wildman–Crippen MR) is 108 cm³/mol. The minimum atomic E-state index is -0.183. The van der Waals surface area contributed by atoms with Crippen molar-refractivity contribution < 1.29 is 15.2 Å². The maximum absolute atomic E-state index is 12.1. The van der Waals surface area contributed by atoms with Crippen molar-refractivity contribution in [3.05, 3.63) is 77.9 Å². The quantitative estimate of drug-likeness (QED) is 0.466. The maximum atomic E-state index is 12.1. The van der Waals surface area contributed by atoms with Gasteiger partial charge in [0.25, 0.3) is 5.91 Å². The first kappa shape index (κ1) is 18.6. The summed E-state index contributed by atoms with van der Waals surface area (Å²) >= 11 is 0. The first-order valence-corrected chi connectivity index (χ1v) is 8.98. The van der Waals surface area contributed by atoms with Crippen LogP contribution in [0.2, 0.25) is 0 Å². The predicted octanol–water partition coefficient (Wildman–Crippen LogP) is 2.71. The number of rotatable bonds is 6. The van der Waals surface area contributed by atoms with Gasteiger partial charge in [0.05, 0.1) is 5.71 Å². The van der Waals surface area contributed by atoms with Crippen molar-refractivity contribution in [3.8, 4) is 5.75 Å². The molecule has 0 saturated heterocycles. The zero-order chi connectivity index (χ0) is 19.2. The van der Waals surface area contributed by atoms with Crippen LogP contribution in [0.5, 0.6) is 5.75 Å². The van der Waals surface area contributed by atoms with Crippen molar-refractivity contribution in [2.45, 2.75) is 19.9 Å². The summed E-state index contributed by atoms with van der Waals surface area (Å²) in [5, 5.41) is 18.3. The van der Waals surface area contributed by atoms with E-state index in [-0.39, 0.29) is 24.2 Å². The molecule has 0 radical (unpaired) electrons. The Morgan fingerprint density at radius 2 is 1.78 bits per heavy atom. The molecule has 0 bridgehead atoms. The van der Waals surface area contributed by atoms with Crippen molar-refractivity contribution in [2.75, 3.05) is 6.54 Å². The fourth-order valence-electron chi connectivity index (χ4n) is 2.98. The number of benzene rings is 3. The fourth-order valence-corrected chi connectivity index (χ4v) is 2.98. The van der Waals surface area contributed by atoms with E-state index in [4.69, 9.17) is 0 Å². The van der Waals surface area contributed by atoms with Crippen LogP contribution in [-0.2, 0) is 4.79 Å². The number of carbonyl (C=O) groups is 1. The van der Waals surface area contributed by atoms with Crippen LogP contribution in [0.25, 0.3) is 10.8 Å². The number of hydrogen-bond donors (Lipinski definition) is 3. The molecule has 0 aliphatic heterocycles. The second kappa shape index (κ2) is 8.47. The Balaban J connectivity index is 1.62. The van der Waals surface area contributed by atoms with Crippen LogP contribution in [-0.4, -0.2) is 23.3 Å². The van der Waals surface area contributed by atoms with Crippen LogP contribution in [0, 0.1) is 0 Å². The molecule has 0 spiro atoms. The molecular formula is C22H24N3O2+. The summed E-state index contributed by atoms with van der Waals surface area (Å²) in [6, 6.07) is 21.6. The molecule has 3 rings (SSSR count). The highest BCUT2D eigenvalue weighted by Gasteiger charge is 2.12. The highest BCUT2D eigenvalue weighted by atomic mass is 16.3. The van der Waals surface area contributed by atoms with Crippen molar-refractivity contribution in [2.24, 2.45) is 5.10 Å². The molecule has 138 valence electrons. The van der Waals surface area contributed by atoms with Crippen LogP contribution in [0.3, 0.4) is 0 Å². The minimum absolute atomic E-state index is 0.174. The molecule has 0 saturated carbocycles. The van der Waals surface area contributed by atoms with Crippen molar-refractivity contribution in [3.63, 3.8) is 0 Å². The van der Waals surface area contributed by atoms with E-state index in [1.807, 2.05) is 72.0 Å². The molecule has 3 aromatic rings. The zero-order valence-electron chi connectivity index (χ0n) is 15.5. The molecule has 0 unspecified atom stereocenters. The number of amides is 1. The lowest BCUT2D eigenvalue weighted by molar-refractivity contribution is -0.682. The van der Waals surface area contributed by atoms with E-state index in [2.05, 4.69) is 17.5 Å². The van der Waals surface area contributed by atoms with Gasteiger partial charge in [0.15, 0.2) is 6.54 Å². The average molecular weight is 362 g/mol. The normalized spacial score (nSPS) is 12.7. The number of aromatic hydroxyl groups is 1. The number of nitrogens with two attached hydrogens (primary N) is 1. The Morgan fingerprint density at radius 3 is 2.56 bits per heavy atom. The smallest absolute Gasteiger partial charge is 0.295 e. The number of hydrogen-bond acceptors (Lipinski definition) is 3. The number of hydrazone groups is 1. The van der Waals surface area contributed by atoms with Gasteiger partial charge in [-0.3, -0.25) is 4.79 Å². The molecule has 0 heterocycles. The fraction of sp³-hybridized carbons (Fsp3) is 0.182. The number of phenolic OH excluding ortho intramolecular Hbond substituents is 1. The van der Waals surface area contributed by atoms with E-state index < -0.39 is 0 Å². The topological polar surface area (TPSA) is 78.3 Å². The molecular weight excluding hydrogens is 338 g/mol. The van der Waals surface area contributed by atoms with Crippen molar-refractivity contribution in [1.29, 1.82) is 0 Å². The first-order chi connectivity index (χ1) is 13.1. The number of fused-ring (bicyclic) bond motifs is 1. The van der Waals surface area contributed by atoms with E-state index in [1.54, 1.807) is 6.92 Å². The molecule has 0 aliphatic rings. The molecule has 0 fully saturated rings. The number of carbonyl (C=O) groups excluding carboxylic acids is 1. The highest BCUT2D eigenvalue weighted by Crippen LogP contribution is 2.28. The Morgan fingerprint density at radius 1 is 1.07 bits per heavy atom. The number of nitrogens with zero attached hydrogens (tertiary/aromatic N) is 1. The molecule has 5 heteroatoms. The van der Waals surface area contributed by atoms with Crippen molar-refractivity contribution in [1.82, 2.24) is 5.43 Å². The van der Waals surface area contributed by atoms with Crippen molar-refractivity contribution >= 4 is 22.4 Å². The van der Waals surface area contributed by atoms with Gasteiger partial charge in [-0.1, -0.05) is 60.7 Å². The Labute approximate surface area is 158 Å². The summed E-state index contributed by atoms with van der Waals surface area (Å²) in [6.45, 7) is 4.10. The Bertz CT molecular complexity index is 968. The number of nitrogens with one attached hydrogen (secondary N) is 1. The third kappa shape index (κ3) is 4.51. The lowest BCUT2D eigenvalue weighted by Gasteiger charge is -2.10. The Kier molecular flexibility index (Phi) is 5.84. The molecule has 1 amide bonds. The summed E-state index contributed by atoms with van der Waals surface area (Å²) in [5.74, 6) is -0.00901. The second-order valence-corrected chi connectivity index (χ2v) is 6.55. The van der Waals surface area contributed by atoms with Gasteiger partial charge >= 0.3 is 0 Å². The Hall–Kier alpha value is -3.18. The summed E-state index contributed by atoms with van der Waals surface area (Å²) in [5.41, 5.74) is 4.91. The van der Waals surface area contributed by atoms with Gasteiger partial charge < -0.3 is 10.4 Å². The molecule has 0 aromatic heterocycles. The van der Waals surface area contributed by atoms with E-state index >= 15 is 0 Å². The monoisotopic (exact) mass is 362 g/mol. The van der Waals surface area contributed by atoms with E-state index in [1.165, 1.54) is 5.56 Å². The van der Waals surface area contributed by atoms with E-state index in [0.717, 1.165) is 10.8 Å². The highest BCUT2D eigenvalue weighted by molar-refractivity contribution is 6.06. The molecule has 5 nitrogen and oxygen atoms in total. The third-order valence-corrected chi connectivity index (χ3v) is 4.62. The van der Waals surface area contributed by atoms with E-state index in [9.17, 15) is 9.90 Å². The maximum Gasteiger partial charge on any atom is 0.295 e. The average Bonchev–Trinajstić information content (AvgIpc) is 2.71. The zero-order valence-corrected chi connectivity index (χ0v) is 15.5. The molecule has 27 heavy (non-hydrogen) atoms. The van der Waals surface area contributed by atoms with Crippen LogP contribution < -0.4 is 10.7 Å². The van der Waals surface area contributed by atoms with Gasteiger partial charge in [0, 0.05) is 16.5 Å². The van der Waals surface area contributed by atoms with Gasteiger partial charge in [-0.15, -0.1) is 0 Å². The van der Waals surface area contributed by atoms with Gasteiger partial charge in [-0.05, 0) is 25.3 Å². The largest absolute Gasteiger partial charge is 0.507 e. The summed E-state index contributed by atoms with van der Waals surface area (Å²) in [6.07, 6.45) is 0. The van der Waals surface area contributed by atoms with Gasteiger partial charge in [0.1, 0.15) is 11.8 Å². The van der Waals surface area contributed by atoms with Gasteiger partial charge in [-0.25, -0.2) is 5.43 Å². The molecule has 4 N–H and O–H groups in total. The minimum Gasteiger partial charge on any atom is -0.507 e. The lowest BCUT2D eigenvalue weighted by atomic mass is 10.0. The summed E-state index contributed by atoms with van der Waals surface area (Å²) in [7, 11) is 0. The number of quaternary nitrogens is 1. The van der Waals surface area contributed by atoms with Gasteiger partial charge in [-0.2, -0.15) is 5.10 Å². The first-order valence-electron chi connectivity index (χ1n) is 8.98. The summed E-state index contributed by atoms with van der Waals surface area (Å²) < 4.78 is 0. The molecule has 3 aromatic carbocycles. The lowest BCUT2D eigenvalue weighted by Crippen LogP contribution is -2.86. The SMILES string of the molecule is C/C(=N\NC(=O)C[NH2+][C@H](C)c1ccccc1)c1ccc2ccccc2c1O. The number of phenols is 1.